The first-order valence-corrected chi connectivity index (χ1v) is 6.75. The minimum Gasteiger partial charge on any atom is -0.489 e. The molecule has 0 bridgehead atoms. The van der Waals surface area contributed by atoms with Crippen LogP contribution in [0.1, 0.15) is 5.56 Å². The van der Waals surface area contributed by atoms with Crippen molar-refractivity contribution in [2.45, 2.75) is 17.7 Å². The molecule has 1 aliphatic rings. The summed E-state index contributed by atoms with van der Waals surface area (Å²) >= 11 is 1.62. The van der Waals surface area contributed by atoms with Gasteiger partial charge in [-0.05, 0) is 11.6 Å². The minimum absolute atomic E-state index is 0.199. The van der Waals surface area contributed by atoms with Gasteiger partial charge in [0.1, 0.15) is 11.9 Å². The van der Waals surface area contributed by atoms with Crippen LogP contribution in [-0.4, -0.2) is 26.6 Å². The summed E-state index contributed by atoms with van der Waals surface area (Å²) < 4.78 is 7.65. The third kappa shape index (κ3) is 2.03. The molecule has 94 valence electrons. The van der Waals surface area contributed by atoms with E-state index in [0.29, 0.717) is 5.95 Å². The van der Waals surface area contributed by atoms with Crippen molar-refractivity contribution in [2.75, 3.05) is 11.5 Å². The Morgan fingerprint density at radius 2 is 2.28 bits per heavy atom. The average molecular weight is 262 g/mol. The van der Waals surface area contributed by atoms with Crippen LogP contribution >= 0.6 is 11.8 Å². The molecule has 2 heterocycles. The standard InChI is InChI=1S/C12H14N4OS/c1-16-11(13)14-15-12(16)18-7-9-6-8-4-2-3-5-10(8)17-9/h2-5,9H,6-7H2,1H3,(H2,13,14). The van der Waals surface area contributed by atoms with Gasteiger partial charge in [-0.2, -0.15) is 0 Å². The Bertz CT molecular complexity index is 544. The second kappa shape index (κ2) is 4.53. The molecule has 1 aromatic heterocycles. The van der Waals surface area contributed by atoms with Crippen LogP contribution < -0.4 is 10.5 Å². The lowest BCUT2D eigenvalue weighted by molar-refractivity contribution is 0.259. The predicted molar refractivity (Wildman–Crippen MR) is 70.7 cm³/mol. The molecule has 0 saturated heterocycles. The molecule has 0 saturated carbocycles. The summed E-state index contributed by atoms with van der Waals surface area (Å²) in [5.74, 6) is 2.29. The number of hydrogen-bond donors (Lipinski definition) is 1. The minimum atomic E-state index is 0.199. The van der Waals surface area contributed by atoms with Crippen LogP contribution in [0.5, 0.6) is 5.75 Å². The van der Waals surface area contributed by atoms with Gasteiger partial charge in [-0.3, -0.25) is 4.57 Å². The van der Waals surface area contributed by atoms with Gasteiger partial charge in [-0.25, -0.2) is 0 Å². The number of nitrogens with zero attached hydrogens (tertiary/aromatic N) is 3. The molecule has 6 heteroatoms. The van der Waals surface area contributed by atoms with Crippen LogP contribution in [0.4, 0.5) is 5.95 Å². The van der Waals surface area contributed by atoms with Crippen molar-refractivity contribution >= 4 is 17.7 Å². The van der Waals surface area contributed by atoms with Crippen molar-refractivity contribution in [3.63, 3.8) is 0 Å². The first-order chi connectivity index (χ1) is 8.74. The molecule has 2 aromatic rings. The third-order valence-corrected chi connectivity index (χ3v) is 4.13. The van der Waals surface area contributed by atoms with Gasteiger partial charge in [0.05, 0.1) is 0 Å². The van der Waals surface area contributed by atoms with Gasteiger partial charge in [-0.1, -0.05) is 30.0 Å². The number of para-hydroxylation sites is 1. The van der Waals surface area contributed by atoms with Crippen molar-refractivity contribution in [2.24, 2.45) is 7.05 Å². The summed E-state index contributed by atoms with van der Waals surface area (Å²) in [6.07, 6.45) is 1.15. The van der Waals surface area contributed by atoms with Gasteiger partial charge in [0.25, 0.3) is 0 Å². The molecule has 0 fully saturated rings. The SMILES string of the molecule is Cn1c(N)nnc1SCC1Cc2ccccc2O1. The highest BCUT2D eigenvalue weighted by molar-refractivity contribution is 7.99. The van der Waals surface area contributed by atoms with E-state index in [2.05, 4.69) is 16.3 Å². The molecule has 18 heavy (non-hydrogen) atoms. The topological polar surface area (TPSA) is 66.0 Å². The molecule has 1 aromatic carbocycles. The Hall–Kier alpha value is -1.69. The Morgan fingerprint density at radius 3 is 3.00 bits per heavy atom. The van der Waals surface area contributed by atoms with Crippen molar-refractivity contribution in [1.82, 2.24) is 14.8 Å². The first-order valence-electron chi connectivity index (χ1n) is 5.76. The van der Waals surface area contributed by atoms with Crippen LogP contribution in [0.2, 0.25) is 0 Å². The summed E-state index contributed by atoms with van der Waals surface area (Å²) in [7, 11) is 1.86. The number of rotatable bonds is 3. The van der Waals surface area contributed by atoms with Gasteiger partial charge in [0.15, 0.2) is 5.16 Å². The molecule has 5 nitrogen and oxygen atoms in total. The van der Waals surface area contributed by atoms with Gasteiger partial charge in [-0.15, -0.1) is 10.2 Å². The van der Waals surface area contributed by atoms with E-state index in [-0.39, 0.29) is 6.10 Å². The summed E-state index contributed by atoms with van der Waals surface area (Å²) in [4.78, 5) is 0. The Morgan fingerprint density at radius 1 is 1.44 bits per heavy atom. The Kier molecular flexibility index (Phi) is 2.87. The number of nitrogens with two attached hydrogens (primary N) is 1. The molecule has 0 spiro atoms. The van der Waals surface area contributed by atoms with Crippen molar-refractivity contribution in [1.29, 1.82) is 0 Å². The lowest BCUT2D eigenvalue weighted by Crippen LogP contribution is -2.16. The molecule has 0 aliphatic carbocycles. The van der Waals surface area contributed by atoms with Gasteiger partial charge in [0.2, 0.25) is 5.95 Å². The Labute approximate surface area is 109 Å². The highest BCUT2D eigenvalue weighted by Crippen LogP contribution is 2.30. The number of hydrogen-bond acceptors (Lipinski definition) is 5. The zero-order valence-corrected chi connectivity index (χ0v) is 10.9. The quantitative estimate of drug-likeness (QED) is 0.849. The third-order valence-electron chi connectivity index (χ3n) is 2.98. The monoisotopic (exact) mass is 262 g/mol. The molecule has 0 radical (unpaired) electrons. The van der Waals surface area contributed by atoms with Crippen LogP contribution in [0.25, 0.3) is 0 Å². The van der Waals surface area contributed by atoms with E-state index in [0.717, 1.165) is 23.1 Å². The fourth-order valence-corrected chi connectivity index (χ4v) is 2.87. The first kappa shape index (κ1) is 11.4. The maximum absolute atomic E-state index is 5.87. The number of nitrogen functional groups attached to an aromatic ring is 1. The summed E-state index contributed by atoms with van der Waals surface area (Å²) in [5.41, 5.74) is 6.92. The molecule has 1 unspecified atom stereocenters. The second-order valence-corrected chi connectivity index (χ2v) is 5.25. The summed E-state index contributed by atoms with van der Waals surface area (Å²) in [5, 5.41) is 8.68. The smallest absolute Gasteiger partial charge is 0.222 e. The van der Waals surface area contributed by atoms with Crippen LogP contribution in [0.15, 0.2) is 29.4 Å². The van der Waals surface area contributed by atoms with Crippen LogP contribution in [-0.2, 0) is 13.5 Å². The highest BCUT2D eigenvalue weighted by Gasteiger charge is 2.23. The number of fused-ring (bicyclic) bond motifs is 1. The van der Waals surface area contributed by atoms with E-state index in [1.54, 1.807) is 16.3 Å². The number of anilines is 1. The largest absolute Gasteiger partial charge is 0.489 e. The lowest BCUT2D eigenvalue weighted by Gasteiger charge is -2.09. The van der Waals surface area contributed by atoms with Crippen molar-refractivity contribution in [3.8, 4) is 5.75 Å². The highest BCUT2D eigenvalue weighted by atomic mass is 32.2. The zero-order valence-electron chi connectivity index (χ0n) is 10.0. The molecule has 1 aliphatic heterocycles. The molecular weight excluding hydrogens is 248 g/mol. The van der Waals surface area contributed by atoms with Gasteiger partial charge in [0, 0.05) is 19.2 Å². The van der Waals surface area contributed by atoms with Crippen molar-refractivity contribution < 1.29 is 4.74 Å². The van der Waals surface area contributed by atoms with Gasteiger partial charge >= 0.3 is 0 Å². The van der Waals surface area contributed by atoms with Crippen LogP contribution in [0, 0.1) is 0 Å². The molecule has 0 amide bonds. The normalized spacial score (nSPS) is 17.5. The fourth-order valence-electron chi connectivity index (χ4n) is 1.97. The van der Waals surface area contributed by atoms with E-state index < -0.39 is 0 Å². The Balaban J connectivity index is 1.62. The maximum Gasteiger partial charge on any atom is 0.222 e. The zero-order chi connectivity index (χ0) is 12.5. The lowest BCUT2D eigenvalue weighted by atomic mass is 10.1. The van der Waals surface area contributed by atoms with Gasteiger partial charge < -0.3 is 10.5 Å². The molecule has 2 N–H and O–H groups in total. The summed E-state index contributed by atoms with van der Waals surface area (Å²) in [6, 6.07) is 8.17. The average Bonchev–Trinajstić information content (AvgIpc) is 2.92. The number of ether oxygens (including phenoxy) is 1. The fraction of sp³-hybridized carbons (Fsp3) is 0.333. The molecule has 1 atom stereocenters. The van der Waals surface area contributed by atoms with E-state index >= 15 is 0 Å². The molecule has 3 rings (SSSR count). The predicted octanol–water partition coefficient (Wildman–Crippen LogP) is 1.49. The van der Waals surface area contributed by atoms with E-state index in [1.807, 2.05) is 25.2 Å². The second-order valence-electron chi connectivity index (χ2n) is 4.26. The summed E-state index contributed by atoms with van der Waals surface area (Å²) in [6.45, 7) is 0. The molecular formula is C12H14N4OS. The number of benzene rings is 1. The number of aromatic nitrogens is 3. The number of thioether (sulfide) groups is 1. The van der Waals surface area contributed by atoms with E-state index in [1.165, 1.54) is 5.56 Å². The van der Waals surface area contributed by atoms with Crippen molar-refractivity contribution in [3.05, 3.63) is 29.8 Å². The van der Waals surface area contributed by atoms with Crippen LogP contribution in [0.3, 0.4) is 0 Å². The maximum atomic E-state index is 5.87. The van der Waals surface area contributed by atoms with E-state index in [9.17, 15) is 0 Å². The van der Waals surface area contributed by atoms with E-state index in [4.69, 9.17) is 10.5 Å².